The van der Waals surface area contributed by atoms with Crippen LogP contribution >= 0.6 is 0 Å². The van der Waals surface area contributed by atoms with Crippen molar-refractivity contribution in [3.8, 4) is 0 Å². The molecule has 4 rings (SSSR count). The van der Waals surface area contributed by atoms with Gasteiger partial charge in [0.15, 0.2) is 0 Å². The summed E-state index contributed by atoms with van der Waals surface area (Å²) >= 11 is 0. The summed E-state index contributed by atoms with van der Waals surface area (Å²) in [7, 11) is 0. The van der Waals surface area contributed by atoms with E-state index in [4.69, 9.17) is 0 Å². The number of hydrogen-bond acceptors (Lipinski definition) is 3. The summed E-state index contributed by atoms with van der Waals surface area (Å²) in [6.45, 7) is 8.71. The maximum Gasteiger partial charge on any atom is 0.124 e. The van der Waals surface area contributed by atoms with Crippen molar-refractivity contribution in [2.24, 2.45) is 0 Å². The minimum absolute atomic E-state index is 0.186. The van der Waals surface area contributed by atoms with Crippen molar-refractivity contribution in [3.05, 3.63) is 35.8 Å². The predicted octanol–water partition coefficient (Wildman–Crippen LogP) is 4.13. The predicted molar refractivity (Wildman–Crippen MR) is 97.1 cm³/mol. The first kappa shape index (κ1) is 15.8. The van der Waals surface area contributed by atoms with E-state index in [2.05, 4.69) is 34.7 Å². The van der Waals surface area contributed by atoms with Crippen molar-refractivity contribution in [2.45, 2.75) is 58.2 Å². The molecule has 3 nitrogen and oxygen atoms in total. The maximum atomic E-state index is 13.8. The third kappa shape index (κ3) is 2.67. The van der Waals surface area contributed by atoms with Crippen LogP contribution in [0.1, 0.15) is 38.8 Å². The molecule has 0 radical (unpaired) electrons. The lowest BCUT2D eigenvalue weighted by Gasteiger charge is -2.32. The molecular formula is C20H26FN3. The monoisotopic (exact) mass is 327 g/mol. The lowest BCUT2D eigenvalue weighted by Crippen LogP contribution is -2.43. The van der Waals surface area contributed by atoms with Gasteiger partial charge in [0.25, 0.3) is 0 Å². The summed E-state index contributed by atoms with van der Waals surface area (Å²) in [5.74, 6) is -0.186. The molecule has 2 aliphatic rings. The minimum atomic E-state index is -0.186. The van der Waals surface area contributed by atoms with E-state index in [1.807, 2.05) is 6.92 Å². The third-order valence-corrected chi connectivity index (χ3v) is 5.65. The van der Waals surface area contributed by atoms with Crippen LogP contribution in [0.15, 0.2) is 24.3 Å². The van der Waals surface area contributed by atoms with Crippen LogP contribution in [0.3, 0.4) is 0 Å². The first-order valence-corrected chi connectivity index (χ1v) is 9.12. The average molecular weight is 327 g/mol. The van der Waals surface area contributed by atoms with Gasteiger partial charge in [0, 0.05) is 48.0 Å². The lowest BCUT2D eigenvalue weighted by molar-refractivity contribution is 0.158. The smallest absolute Gasteiger partial charge is 0.124 e. The molecule has 2 unspecified atom stereocenters. The van der Waals surface area contributed by atoms with Gasteiger partial charge in [0.1, 0.15) is 5.82 Å². The van der Waals surface area contributed by atoms with E-state index >= 15 is 0 Å². The fraction of sp³-hybridized carbons (Fsp3) is 0.550. The zero-order valence-electron chi connectivity index (χ0n) is 14.8. The number of aryl methyl sites for hydroxylation is 1. The molecule has 0 amide bonds. The van der Waals surface area contributed by atoms with Crippen molar-refractivity contribution >= 4 is 16.6 Å². The summed E-state index contributed by atoms with van der Waals surface area (Å²) in [5.41, 5.74) is 3.04. The van der Waals surface area contributed by atoms with Crippen molar-refractivity contribution in [1.29, 1.82) is 0 Å². The third-order valence-electron chi connectivity index (χ3n) is 5.65. The molecule has 24 heavy (non-hydrogen) atoms. The summed E-state index contributed by atoms with van der Waals surface area (Å²) < 4.78 is 13.8. The summed E-state index contributed by atoms with van der Waals surface area (Å²) in [6, 6.07) is 8.96. The van der Waals surface area contributed by atoms with Gasteiger partial charge < -0.3 is 4.90 Å². The molecule has 2 aliphatic heterocycles. The molecule has 2 saturated heterocycles. The van der Waals surface area contributed by atoms with Gasteiger partial charge in [0.05, 0.1) is 5.52 Å². The topological polar surface area (TPSA) is 19.4 Å². The Labute approximate surface area is 143 Å². The van der Waals surface area contributed by atoms with E-state index in [-0.39, 0.29) is 5.82 Å². The quantitative estimate of drug-likeness (QED) is 0.826. The maximum absolute atomic E-state index is 13.8. The second-order valence-corrected chi connectivity index (χ2v) is 7.60. The van der Waals surface area contributed by atoms with Gasteiger partial charge in [-0.25, -0.2) is 4.39 Å². The van der Waals surface area contributed by atoms with E-state index < -0.39 is 0 Å². The molecule has 2 atom stereocenters. The van der Waals surface area contributed by atoms with Crippen LogP contribution in [-0.2, 0) is 0 Å². The van der Waals surface area contributed by atoms with Crippen LogP contribution in [0.2, 0.25) is 0 Å². The van der Waals surface area contributed by atoms with Gasteiger partial charge in [-0.1, -0.05) is 0 Å². The van der Waals surface area contributed by atoms with Crippen LogP contribution in [0.5, 0.6) is 0 Å². The van der Waals surface area contributed by atoms with Crippen molar-refractivity contribution < 1.29 is 4.39 Å². The first-order valence-electron chi connectivity index (χ1n) is 9.12. The Morgan fingerprint density at radius 1 is 1.12 bits per heavy atom. The van der Waals surface area contributed by atoms with Gasteiger partial charge >= 0.3 is 0 Å². The Morgan fingerprint density at radius 3 is 2.71 bits per heavy atom. The summed E-state index contributed by atoms with van der Waals surface area (Å²) in [4.78, 5) is 9.76. The van der Waals surface area contributed by atoms with Gasteiger partial charge in [-0.05, 0) is 64.3 Å². The summed E-state index contributed by atoms with van der Waals surface area (Å²) in [6.07, 6.45) is 3.78. The summed E-state index contributed by atoms with van der Waals surface area (Å²) in [5, 5.41) is 0.939. The normalized spacial score (nSPS) is 24.8. The molecule has 2 fully saturated rings. The second-order valence-electron chi connectivity index (χ2n) is 7.60. The van der Waals surface area contributed by atoms with Crippen molar-refractivity contribution in [3.63, 3.8) is 0 Å². The molecular weight excluding hydrogens is 301 g/mol. The van der Waals surface area contributed by atoms with Crippen LogP contribution < -0.4 is 4.90 Å². The Morgan fingerprint density at radius 2 is 1.92 bits per heavy atom. The Bertz CT molecular complexity index is 758. The molecule has 1 aromatic carbocycles. The molecule has 1 aromatic heterocycles. The first-order chi connectivity index (χ1) is 11.5. The van der Waals surface area contributed by atoms with Crippen LogP contribution in [0, 0.1) is 12.7 Å². The fourth-order valence-electron chi connectivity index (χ4n) is 4.74. The van der Waals surface area contributed by atoms with Crippen molar-refractivity contribution in [2.75, 3.05) is 18.0 Å². The molecule has 4 heteroatoms. The SMILES string of the molecule is Cc1cc(N2CCC3CCC(C2)N3C(C)C)c2cc(F)ccc2n1. The van der Waals surface area contributed by atoms with Crippen LogP contribution in [0.25, 0.3) is 10.9 Å². The number of nitrogens with zero attached hydrogens (tertiary/aromatic N) is 3. The number of pyridine rings is 1. The fourth-order valence-corrected chi connectivity index (χ4v) is 4.74. The van der Waals surface area contributed by atoms with E-state index in [0.29, 0.717) is 18.1 Å². The number of aromatic nitrogens is 1. The largest absolute Gasteiger partial charge is 0.369 e. The standard InChI is InChI=1S/C20H26FN3/c1-13(2)24-16-5-6-17(24)12-23(9-8-16)20-10-14(3)22-19-7-4-15(21)11-18(19)20/h4,7,10-11,13,16-17H,5-6,8-9,12H2,1-3H3. The number of benzene rings is 1. The molecule has 0 aliphatic carbocycles. The van der Waals surface area contributed by atoms with Gasteiger partial charge in [-0.15, -0.1) is 0 Å². The van der Waals surface area contributed by atoms with E-state index in [1.54, 1.807) is 12.1 Å². The second kappa shape index (κ2) is 5.99. The zero-order valence-corrected chi connectivity index (χ0v) is 14.8. The molecule has 128 valence electrons. The number of hydrogen-bond donors (Lipinski definition) is 0. The van der Waals surface area contributed by atoms with Gasteiger partial charge in [-0.3, -0.25) is 9.88 Å². The highest BCUT2D eigenvalue weighted by molar-refractivity contribution is 5.92. The van der Waals surface area contributed by atoms with Gasteiger partial charge in [-0.2, -0.15) is 0 Å². The van der Waals surface area contributed by atoms with E-state index in [0.717, 1.165) is 35.4 Å². The number of fused-ring (bicyclic) bond motifs is 3. The Balaban J connectivity index is 1.74. The van der Waals surface area contributed by atoms with E-state index in [1.165, 1.54) is 25.3 Å². The number of halogens is 1. The highest BCUT2D eigenvalue weighted by Crippen LogP contribution is 2.36. The molecule has 3 heterocycles. The average Bonchev–Trinajstić information content (AvgIpc) is 2.82. The molecule has 0 N–H and O–H groups in total. The number of rotatable bonds is 2. The highest BCUT2D eigenvalue weighted by atomic mass is 19.1. The highest BCUT2D eigenvalue weighted by Gasteiger charge is 2.38. The molecule has 2 bridgehead atoms. The number of anilines is 1. The molecule has 2 aromatic rings. The minimum Gasteiger partial charge on any atom is -0.369 e. The molecule has 0 saturated carbocycles. The van der Waals surface area contributed by atoms with Crippen molar-refractivity contribution in [1.82, 2.24) is 9.88 Å². The Hall–Kier alpha value is -1.68. The van der Waals surface area contributed by atoms with Gasteiger partial charge in [0.2, 0.25) is 0 Å². The van der Waals surface area contributed by atoms with Crippen LogP contribution in [0.4, 0.5) is 10.1 Å². The molecule has 0 spiro atoms. The van der Waals surface area contributed by atoms with E-state index in [9.17, 15) is 4.39 Å². The van der Waals surface area contributed by atoms with Crippen LogP contribution in [-0.4, -0.2) is 41.1 Å². The Kier molecular flexibility index (Phi) is 3.95. The zero-order chi connectivity index (χ0) is 16.8. The lowest BCUT2D eigenvalue weighted by atomic mass is 10.1.